The van der Waals surface area contributed by atoms with E-state index < -0.39 is 12.0 Å². The Morgan fingerprint density at radius 2 is 1.28 bits per heavy atom. The van der Waals surface area contributed by atoms with Gasteiger partial charge in [0, 0.05) is 54.8 Å². The summed E-state index contributed by atoms with van der Waals surface area (Å²) in [4.78, 5) is 20.4. The van der Waals surface area contributed by atoms with Crippen LogP contribution in [0.3, 0.4) is 0 Å². The average Bonchev–Trinajstić information content (AvgIpc) is 3.21. The van der Waals surface area contributed by atoms with Crippen molar-refractivity contribution < 1.29 is 29.2 Å². The quantitative estimate of drug-likeness (QED) is 0.0746. The number of aliphatic carboxylic acids is 1. The summed E-state index contributed by atoms with van der Waals surface area (Å²) in [6.45, 7) is 14.4. The summed E-state index contributed by atoms with van der Waals surface area (Å²) in [6.07, 6.45) is 4.16. The summed E-state index contributed by atoms with van der Waals surface area (Å²) in [6, 6.07) is 23.6. The molecule has 0 amide bonds. The Morgan fingerprint density at radius 1 is 0.717 bits per heavy atom. The molecule has 5 rings (SSSR count). The van der Waals surface area contributed by atoms with E-state index in [2.05, 4.69) is 75.8 Å². The van der Waals surface area contributed by atoms with Crippen LogP contribution < -0.4 is 14.2 Å². The monoisotopic (exact) mass is 855 g/mol. The summed E-state index contributed by atoms with van der Waals surface area (Å²) in [5.41, 5.74) is 11.3. The number of hydrogen-bond donors (Lipinski definition) is 2. The molecule has 0 aliphatic rings. The van der Waals surface area contributed by atoms with Crippen LogP contribution in [-0.4, -0.2) is 63.8 Å². The zero-order chi connectivity index (χ0) is 43.5. The maximum Gasteiger partial charge on any atom is 0.321 e. The van der Waals surface area contributed by atoms with E-state index >= 15 is 0 Å². The van der Waals surface area contributed by atoms with Gasteiger partial charge in [-0.15, -0.1) is 0 Å². The predicted octanol–water partition coefficient (Wildman–Crippen LogP) is 10.9. The summed E-state index contributed by atoms with van der Waals surface area (Å²) >= 11 is 13.6. The van der Waals surface area contributed by atoms with E-state index in [9.17, 15) is 15.0 Å². The molecular weight excluding hydrogens is 797 g/mol. The van der Waals surface area contributed by atoms with Gasteiger partial charge in [0.25, 0.3) is 0 Å². The first-order valence-electron chi connectivity index (χ1n) is 20.5. The van der Waals surface area contributed by atoms with E-state index in [0.29, 0.717) is 45.5 Å². The summed E-state index contributed by atoms with van der Waals surface area (Å²) in [5, 5.41) is 20.3. The van der Waals surface area contributed by atoms with E-state index in [1.807, 2.05) is 43.3 Å². The van der Waals surface area contributed by atoms with Gasteiger partial charge in [-0.3, -0.25) is 19.6 Å². The van der Waals surface area contributed by atoms with Gasteiger partial charge in [-0.25, -0.2) is 0 Å². The first kappa shape index (κ1) is 46.4. The number of aliphatic hydroxyl groups excluding tert-OH is 1. The van der Waals surface area contributed by atoms with Crippen LogP contribution in [-0.2, 0) is 37.7 Å². The first-order chi connectivity index (χ1) is 28.7. The minimum atomic E-state index is -1.02. The zero-order valence-corrected chi connectivity index (χ0v) is 37.7. The number of rotatable bonds is 21. The molecular formula is C49H59Cl2N3O6. The van der Waals surface area contributed by atoms with Gasteiger partial charge in [0.2, 0.25) is 0 Å². The Balaban J connectivity index is 1.33. The van der Waals surface area contributed by atoms with Crippen molar-refractivity contribution in [2.45, 2.75) is 106 Å². The summed E-state index contributed by atoms with van der Waals surface area (Å²) in [7, 11) is 3.86. The molecule has 0 saturated heterocycles. The number of aliphatic hydroxyl groups is 1. The molecule has 0 spiro atoms. The minimum Gasteiger partial charge on any atom is -0.488 e. The normalized spacial score (nSPS) is 12.5. The first-order valence-corrected chi connectivity index (χ1v) is 21.3. The number of hydrogen-bond acceptors (Lipinski definition) is 8. The van der Waals surface area contributed by atoms with Gasteiger partial charge in [-0.1, -0.05) is 79.0 Å². The van der Waals surface area contributed by atoms with Crippen molar-refractivity contribution in [3.63, 3.8) is 0 Å². The molecule has 9 nitrogen and oxygen atoms in total. The van der Waals surface area contributed by atoms with E-state index in [1.165, 1.54) is 5.56 Å². The van der Waals surface area contributed by atoms with Gasteiger partial charge < -0.3 is 24.4 Å². The third kappa shape index (κ3) is 12.0. The number of aromatic nitrogens is 1. The standard InChI is InChI=1S/C49H59Cl2N3O6/c1-9-12-33(4)53(7)26-39-22-43(50)47(21-31(39)2)59-29-37-13-10-15-41(34(37)5)42-16-11-14-38(35(42)6)30-60-48-24-46(58-28-36-18-17-32(3)52-25-36)40(23-44(48)51)27-54(8)45(19-20-55)49(56)57/h10-11,13-18,21-25,33,45,55H,9,12,19-20,26-30H2,1-8H3,(H,56,57)/t33-,45+/m1/s1. The molecule has 320 valence electrons. The molecule has 60 heavy (non-hydrogen) atoms. The van der Waals surface area contributed by atoms with Crippen molar-refractivity contribution in [1.29, 1.82) is 0 Å². The van der Waals surface area contributed by atoms with Gasteiger partial charge >= 0.3 is 5.97 Å². The maximum atomic E-state index is 12.0. The number of carboxylic acids is 1. The molecule has 0 aliphatic carbocycles. The number of carbonyl (C=O) groups is 1. The van der Waals surface area contributed by atoms with Gasteiger partial charge in [0.05, 0.1) is 10.0 Å². The topological polar surface area (TPSA) is 105 Å². The van der Waals surface area contributed by atoms with Gasteiger partial charge in [-0.05, 0) is 130 Å². The van der Waals surface area contributed by atoms with Crippen LogP contribution in [0, 0.1) is 27.7 Å². The highest BCUT2D eigenvalue weighted by atomic mass is 35.5. The Hall–Kier alpha value is -4.64. The van der Waals surface area contributed by atoms with Crippen LogP contribution in [0.5, 0.6) is 17.2 Å². The molecule has 2 atom stereocenters. The molecule has 0 fully saturated rings. The Labute approximate surface area is 365 Å². The number of nitrogens with zero attached hydrogens (tertiary/aromatic N) is 3. The molecule has 0 unspecified atom stereocenters. The largest absolute Gasteiger partial charge is 0.488 e. The fourth-order valence-electron chi connectivity index (χ4n) is 7.34. The maximum absolute atomic E-state index is 12.0. The number of ether oxygens (including phenoxy) is 3. The number of halogens is 2. The van der Waals surface area contributed by atoms with Crippen LogP contribution in [0.2, 0.25) is 10.0 Å². The SMILES string of the molecule is CCC[C@@H](C)N(C)Cc1cc(Cl)c(OCc2cccc(-c3cccc(COc4cc(OCc5ccc(C)nc5)c(CN(C)[C@@H](CCO)C(=O)O)cc4Cl)c3C)c2C)cc1C. The highest BCUT2D eigenvalue weighted by Crippen LogP contribution is 2.37. The van der Waals surface area contributed by atoms with Crippen LogP contribution in [0.25, 0.3) is 11.1 Å². The molecule has 11 heteroatoms. The van der Waals surface area contributed by atoms with Crippen molar-refractivity contribution >= 4 is 29.2 Å². The molecule has 0 aliphatic heterocycles. The number of benzene rings is 4. The number of aryl methyl sites for hydroxylation is 2. The summed E-state index contributed by atoms with van der Waals surface area (Å²) < 4.78 is 19.1. The molecule has 2 N–H and O–H groups in total. The fourth-order valence-corrected chi connectivity index (χ4v) is 7.82. The van der Waals surface area contributed by atoms with E-state index in [-0.39, 0.29) is 32.8 Å². The third-order valence-electron chi connectivity index (χ3n) is 11.3. The van der Waals surface area contributed by atoms with Gasteiger partial charge in [-0.2, -0.15) is 0 Å². The number of likely N-dealkylation sites (N-methyl/N-ethyl adjacent to an activating group) is 1. The smallest absolute Gasteiger partial charge is 0.321 e. The van der Waals surface area contributed by atoms with Gasteiger partial charge in [0.15, 0.2) is 0 Å². The van der Waals surface area contributed by atoms with E-state index in [0.717, 1.165) is 69.6 Å². The number of carboxylic acid groups (broad SMARTS) is 1. The van der Waals surface area contributed by atoms with Crippen LogP contribution in [0.1, 0.15) is 83.3 Å². The number of pyridine rings is 1. The highest BCUT2D eigenvalue weighted by molar-refractivity contribution is 6.32. The highest BCUT2D eigenvalue weighted by Gasteiger charge is 2.24. The minimum absolute atomic E-state index is 0.0855. The molecule has 1 aromatic heterocycles. The average molecular weight is 857 g/mol. The zero-order valence-electron chi connectivity index (χ0n) is 36.1. The fraction of sp³-hybridized carbons (Fsp3) is 0.388. The Bertz CT molecular complexity index is 2230. The molecule has 4 aromatic carbocycles. The molecule has 0 saturated carbocycles. The van der Waals surface area contributed by atoms with Crippen molar-refractivity contribution in [1.82, 2.24) is 14.8 Å². The third-order valence-corrected chi connectivity index (χ3v) is 11.9. The lowest BCUT2D eigenvalue weighted by Gasteiger charge is -2.25. The van der Waals surface area contributed by atoms with Crippen LogP contribution in [0.15, 0.2) is 79.0 Å². The second kappa shape index (κ2) is 21.7. The Kier molecular flexibility index (Phi) is 16.8. The Morgan fingerprint density at radius 3 is 1.83 bits per heavy atom. The lowest BCUT2D eigenvalue weighted by atomic mass is 9.92. The molecule has 0 radical (unpaired) electrons. The second-order valence-electron chi connectivity index (χ2n) is 15.8. The molecule has 0 bridgehead atoms. The molecule has 5 aromatic rings. The summed E-state index contributed by atoms with van der Waals surface area (Å²) in [5.74, 6) is 0.598. The second-order valence-corrected chi connectivity index (χ2v) is 16.6. The lowest BCUT2D eigenvalue weighted by Crippen LogP contribution is -2.38. The van der Waals surface area contributed by atoms with Crippen molar-refractivity contribution in [2.75, 3.05) is 20.7 Å². The van der Waals surface area contributed by atoms with Gasteiger partial charge in [0.1, 0.15) is 43.1 Å². The lowest BCUT2D eigenvalue weighted by molar-refractivity contribution is -0.143. The predicted molar refractivity (Wildman–Crippen MR) is 241 cm³/mol. The van der Waals surface area contributed by atoms with Crippen molar-refractivity contribution in [3.05, 3.63) is 139 Å². The van der Waals surface area contributed by atoms with Crippen LogP contribution in [0.4, 0.5) is 0 Å². The van der Waals surface area contributed by atoms with E-state index in [4.69, 9.17) is 37.4 Å². The van der Waals surface area contributed by atoms with Crippen molar-refractivity contribution in [2.24, 2.45) is 0 Å². The molecule has 1 heterocycles. The van der Waals surface area contributed by atoms with Crippen molar-refractivity contribution in [3.8, 4) is 28.4 Å². The van der Waals surface area contributed by atoms with E-state index in [1.54, 1.807) is 30.3 Å². The van der Waals surface area contributed by atoms with Crippen LogP contribution >= 0.6 is 23.2 Å².